The van der Waals surface area contributed by atoms with E-state index in [9.17, 15) is 14.4 Å². The van der Waals surface area contributed by atoms with Crippen molar-refractivity contribution in [2.75, 3.05) is 0 Å². The maximum atomic E-state index is 12.8. The van der Waals surface area contributed by atoms with Gasteiger partial charge in [0, 0.05) is 36.0 Å². The van der Waals surface area contributed by atoms with Gasteiger partial charge in [0.1, 0.15) is 37.1 Å². The molecule has 0 saturated carbocycles. The molecular weight excluding hydrogens is 896 g/mol. The number of rotatable bonds is 21. The number of aryl methyl sites for hydroxylation is 3. The minimum atomic E-state index is -2.17. The van der Waals surface area contributed by atoms with Gasteiger partial charge in [-0.3, -0.25) is 14.4 Å². The number of carbonyl (C=O) groups is 3. The summed E-state index contributed by atoms with van der Waals surface area (Å²) in [5.41, 5.74) is 7.46. The lowest BCUT2D eigenvalue weighted by atomic mass is 9.85. The SMILES string of the molecule is CC(C)(C)c1cc(CCC(=O)OCc2ccccc2)ccc1OP(Oc1ccc(CCC(=O)OCc2ccccc2)cc1C(C)(C)C)Oc1ccc(CCC(=O)OCc2ccccc2)cc1C(C)(C)C. The van der Waals surface area contributed by atoms with E-state index in [0.717, 1.165) is 50.1 Å². The maximum absolute atomic E-state index is 12.8. The maximum Gasteiger partial charge on any atom is 0.530 e. The van der Waals surface area contributed by atoms with E-state index in [0.29, 0.717) is 36.5 Å². The van der Waals surface area contributed by atoms with Gasteiger partial charge in [-0.05, 0) is 87.1 Å². The van der Waals surface area contributed by atoms with E-state index >= 15 is 0 Å². The molecule has 0 aliphatic rings. The van der Waals surface area contributed by atoms with Gasteiger partial charge < -0.3 is 27.8 Å². The third-order valence-electron chi connectivity index (χ3n) is 11.7. The average Bonchev–Trinajstić information content (AvgIpc) is 3.33. The van der Waals surface area contributed by atoms with E-state index in [2.05, 4.69) is 80.5 Å². The van der Waals surface area contributed by atoms with Crippen molar-refractivity contribution in [2.45, 2.75) is 137 Å². The molecule has 0 aromatic heterocycles. The lowest BCUT2D eigenvalue weighted by molar-refractivity contribution is -0.145. The van der Waals surface area contributed by atoms with E-state index in [1.807, 2.05) is 127 Å². The van der Waals surface area contributed by atoms with E-state index in [-0.39, 0.29) is 73.2 Å². The Balaban J connectivity index is 1.26. The average molecular weight is 965 g/mol. The summed E-state index contributed by atoms with van der Waals surface area (Å²) >= 11 is 0. The fourth-order valence-corrected chi connectivity index (χ4v) is 8.73. The van der Waals surface area contributed by atoms with Crippen molar-refractivity contribution in [3.8, 4) is 17.2 Å². The van der Waals surface area contributed by atoms with Crippen LogP contribution in [0.15, 0.2) is 146 Å². The summed E-state index contributed by atoms with van der Waals surface area (Å²) in [6.45, 7) is 19.8. The second-order valence-electron chi connectivity index (χ2n) is 20.7. The number of esters is 3. The topological polar surface area (TPSA) is 107 Å². The summed E-state index contributed by atoms with van der Waals surface area (Å²) in [5, 5.41) is 0. The van der Waals surface area contributed by atoms with Gasteiger partial charge >= 0.3 is 26.5 Å². The molecule has 6 rings (SSSR count). The summed E-state index contributed by atoms with van der Waals surface area (Å²) in [7, 11) is -2.17. The van der Waals surface area contributed by atoms with Gasteiger partial charge in [0.05, 0.1) is 0 Å². The highest BCUT2D eigenvalue weighted by molar-refractivity contribution is 7.43. The highest BCUT2D eigenvalue weighted by atomic mass is 31.2. The molecule has 0 aliphatic carbocycles. The minimum Gasteiger partial charge on any atom is -0.461 e. The first kappa shape index (κ1) is 52.9. The zero-order chi connectivity index (χ0) is 50.3. The van der Waals surface area contributed by atoms with Gasteiger partial charge in [0.15, 0.2) is 0 Å². The Hall–Kier alpha value is -6.44. The fourth-order valence-electron chi connectivity index (χ4n) is 7.66. The monoisotopic (exact) mass is 964 g/mol. The van der Waals surface area contributed by atoms with Crippen LogP contribution in [0.5, 0.6) is 17.2 Å². The molecule has 10 heteroatoms. The number of hydrogen-bond donors (Lipinski definition) is 0. The van der Waals surface area contributed by atoms with Crippen LogP contribution in [0, 0.1) is 0 Å². The largest absolute Gasteiger partial charge is 0.530 e. The minimum absolute atomic E-state index is 0.232. The Bertz CT molecular complexity index is 2350. The molecule has 0 amide bonds. The summed E-state index contributed by atoms with van der Waals surface area (Å²) in [6, 6.07) is 47.0. The van der Waals surface area contributed by atoms with Crippen LogP contribution in [0.1, 0.15) is 132 Å². The van der Waals surface area contributed by atoms with Gasteiger partial charge in [-0.15, -0.1) is 0 Å². The fraction of sp³-hybridized carbons (Fsp3) is 0.350. The van der Waals surface area contributed by atoms with E-state index in [4.69, 9.17) is 27.8 Å². The summed E-state index contributed by atoms with van der Waals surface area (Å²) in [6.07, 6.45) is 2.19. The standard InChI is InChI=1S/C60H69O9P/c1-58(2,3)49-37-43(28-34-55(61)64-40-46-19-13-10-14-20-46)25-31-52(49)67-70(68-53-32-26-44(38-50(53)59(4,5)6)29-35-56(62)65-41-47-21-15-11-16-22-47)69-54-33-27-45(39-51(54)60(7,8)9)30-36-57(63)66-42-48-23-17-12-18-24-48/h10-27,31-33,37-39H,28-30,34-36,40-42H2,1-9H3. The Kier molecular flexibility index (Phi) is 18.5. The highest BCUT2D eigenvalue weighted by Gasteiger charge is 2.31. The quantitative estimate of drug-likeness (QED) is 0.0396. The van der Waals surface area contributed by atoms with Crippen LogP contribution in [0.4, 0.5) is 0 Å². The van der Waals surface area contributed by atoms with Crippen molar-refractivity contribution in [1.82, 2.24) is 0 Å². The zero-order valence-corrected chi connectivity index (χ0v) is 43.2. The van der Waals surface area contributed by atoms with Crippen molar-refractivity contribution in [3.63, 3.8) is 0 Å². The Morgan fingerprint density at radius 3 is 0.857 bits per heavy atom. The predicted molar refractivity (Wildman–Crippen MR) is 278 cm³/mol. The van der Waals surface area contributed by atoms with Crippen molar-refractivity contribution in [3.05, 3.63) is 196 Å². The molecule has 6 aromatic rings. The number of carbonyl (C=O) groups excluding carboxylic acids is 3. The van der Waals surface area contributed by atoms with Crippen LogP contribution >= 0.6 is 8.60 Å². The van der Waals surface area contributed by atoms with Crippen molar-refractivity contribution < 1.29 is 42.2 Å². The molecular formula is C60H69O9P. The molecule has 0 bridgehead atoms. The predicted octanol–water partition coefficient (Wildman–Crippen LogP) is 14.4. The molecule has 0 fully saturated rings. The van der Waals surface area contributed by atoms with E-state index in [1.165, 1.54) is 0 Å². The molecule has 0 unspecified atom stereocenters. The molecule has 0 spiro atoms. The first-order valence-corrected chi connectivity index (χ1v) is 25.2. The number of ether oxygens (including phenoxy) is 3. The Morgan fingerprint density at radius 1 is 0.357 bits per heavy atom. The van der Waals surface area contributed by atoms with E-state index in [1.54, 1.807) is 0 Å². The lowest BCUT2D eigenvalue weighted by Crippen LogP contribution is -2.17. The zero-order valence-electron chi connectivity index (χ0n) is 42.3. The molecule has 9 nitrogen and oxygen atoms in total. The van der Waals surface area contributed by atoms with Crippen LogP contribution in [0.3, 0.4) is 0 Å². The Labute approximate surface area is 416 Å². The van der Waals surface area contributed by atoms with Crippen LogP contribution in [-0.4, -0.2) is 17.9 Å². The van der Waals surface area contributed by atoms with Gasteiger partial charge in [-0.1, -0.05) is 190 Å². The van der Waals surface area contributed by atoms with Crippen LogP contribution in [0.2, 0.25) is 0 Å². The molecule has 0 saturated heterocycles. The number of hydrogen-bond acceptors (Lipinski definition) is 9. The molecule has 6 aromatic carbocycles. The van der Waals surface area contributed by atoms with Crippen LogP contribution in [0.25, 0.3) is 0 Å². The third kappa shape index (κ3) is 16.6. The Morgan fingerprint density at radius 2 is 0.614 bits per heavy atom. The van der Waals surface area contributed by atoms with Crippen LogP contribution < -0.4 is 13.6 Å². The second kappa shape index (κ2) is 24.4. The molecule has 0 aliphatic heterocycles. The number of benzene rings is 6. The molecule has 0 radical (unpaired) electrons. The molecule has 0 heterocycles. The molecule has 0 atom stereocenters. The van der Waals surface area contributed by atoms with Gasteiger partial charge in [-0.2, -0.15) is 0 Å². The van der Waals surface area contributed by atoms with Gasteiger partial charge in [-0.25, -0.2) is 0 Å². The lowest BCUT2D eigenvalue weighted by Gasteiger charge is -2.29. The smallest absolute Gasteiger partial charge is 0.461 e. The molecule has 0 N–H and O–H groups in total. The summed E-state index contributed by atoms with van der Waals surface area (Å²) < 4.78 is 37.5. The highest BCUT2D eigenvalue weighted by Crippen LogP contribution is 2.49. The normalized spacial score (nSPS) is 11.7. The van der Waals surface area contributed by atoms with Crippen molar-refractivity contribution in [2.24, 2.45) is 0 Å². The van der Waals surface area contributed by atoms with Gasteiger partial charge in [0.25, 0.3) is 0 Å². The molecule has 70 heavy (non-hydrogen) atoms. The third-order valence-corrected chi connectivity index (χ3v) is 12.7. The first-order valence-electron chi connectivity index (χ1n) is 24.1. The molecule has 368 valence electrons. The summed E-state index contributed by atoms with van der Waals surface area (Å²) in [4.78, 5) is 38.5. The van der Waals surface area contributed by atoms with Gasteiger partial charge in [0.2, 0.25) is 0 Å². The second-order valence-corrected chi connectivity index (χ2v) is 21.7. The van der Waals surface area contributed by atoms with E-state index < -0.39 is 8.60 Å². The van der Waals surface area contributed by atoms with Crippen molar-refractivity contribution in [1.29, 1.82) is 0 Å². The first-order chi connectivity index (χ1) is 33.3. The van der Waals surface area contributed by atoms with Crippen molar-refractivity contribution >= 4 is 26.5 Å². The summed E-state index contributed by atoms with van der Waals surface area (Å²) in [5.74, 6) is 0.997. The van der Waals surface area contributed by atoms with Crippen LogP contribution in [-0.2, 0) is 83.9 Å².